The van der Waals surface area contributed by atoms with Gasteiger partial charge in [-0.2, -0.15) is 0 Å². The van der Waals surface area contributed by atoms with Crippen LogP contribution in [-0.2, 0) is 0 Å². The summed E-state index contributed by atoms with van der Waals surface area (Å²) >= 11 is 0. The monoisotopic (exact) mass is 307 g/mol. The first-order valence-electron chi connectivity index (χ1n) is 7.33. The van der Waals surface area contributed by atoms with Gasteiger partial charge in [-0.3, -0.25) is 0 Å². The van der Waals surface area contributed by atoms with Crippen LogP contribution in [0.1, 0.15) is 18.8 Å². The van der Waals surface area contributed by atoms with E-state index in [1.165, 1.54) is 12.4 Å². The summed E-state index contributed by atoms with van der Waals surface area (Å²) in [6.45, 7) is 1.95. The van der Waals surface area contributed by atoms with Gasteiger partial charge in [0.25, 0.3) is 0 Å². The van der Waals surface area contributed by atoms with Gasteiger partial charge in [0.2, 0.25) is 0 Å². The van der Waals surface area contributed by atoms with E-state index in [4.69, 9.17) is 0 Å². The predicted molar refractivity (Wildman–Crippen MR) is 87.6 cm³/mol. The fraction of sp³-hybridized carbons (Fsp3) is 0.118. The Bertz CT molecular complexity index is 956. The number of hydrogen-bond donors (Lipinski definition) is 2. The van der Waals surface area contributed by atoms with Crippen molar-refractivity contribution in [3.8, 4) is 0 Å². The molecule has 4 aromatic rings. The van der Waals surface area contributed by atoms with Gasteiger partial charge >= 0.3 is 0 Å². The van der Waals surface area contributed by atoms with Crippen molar-refractivity contribution in [2.45, 2.75) is 13.0 Å². The SMILES string of the molecule is CC(Nc1ncnc2cccc(F)c12)c1nc2ccccc2[nH]1. The molecule has 1 unspecified atom stereocenters. The number of nitrogens with one attached hydrogen (secondary N) is 2. The zero-order valence-electron chi connectivity index (χ0n) is 12.4. The van der Waals surface area contributed by atoms with Crippen LogP contribution in [0.4, 0.5) is 10.2 Å². The van der Waals surface area contributed by atoms with Crippen molar-refractivity contribution in [2.24, 2.45) is 0 Å². The highest BCUT2D eigenvalue weighted by atomic mass is 19.1. The van der Waals surface area contributed by atoms with Crippen LogP contribution < -0.4 is 5.32 Å². The van der Waals surface area contributed by atoms with Crippen molar-refractivity contribution in [1.29, 1.82) is 0 Å². The lowest BCUT2D eigenvalue weighted by Crippen LogP contribution is -2.10. The third-order valence-corrected chi connectivity index (χ3v) is 3.78. The summed E-state index contributed by atoms with van der Waals surface area (Å²) in [4.78, 5) is 16.1. The molecule has 0 amide bonds. The van der Waals surface area contributed by atoms with E-state index in [1.807, 2.05) is 31.2 Å². The number of fused-ring (bicyclic) bond motifs is 2. The predicted octanol–water partition coefficient (Wildman–Crippen LogP) is 3.82. The van der Waals surface area contributed by atoms with Gasteiger partial charge in [-0.05, 0) is 31.2 Å². The molecule has 0 saturated carbocycles. The molecule has 2 heterocycles. The minimum Gasteiger partial charge on any atom is -0.360 e. The quantitative estimate of drug-likeness (QED) is 0.604. The summed E-state index contributed by atoms with van der Waals surface area (Å²) in [6.07, 6.45) is 1.43. The molecule has 0 fully saturated rings. The number of aromatic amines is 1. The van der Waals surface area contributed by atoms with E-state index in [1.54, 1.807) is 12.1 Å². The molecule has 0 aliphatic rings. The highest BCUT2D eigenvalue weighted by Crippen LogP contribution is 2.26. The topological polar surface area (TPSA) is 66.5 Å². The fourth-order valence-electron chi connectivity index (χ4n) is 2.63. The van der Waals surface area contributed by atoms with Crippen LogP contribution in [0.2, 0.25) is 0 Å². The number of benzene rings is 2. The molecule has 2 aromatic carbocycles. The first-order chi connectivity index (χ1) is 11.2. The summed E-state index contributed by atoms with van der Waals surface area (Å²) in [6, 6.07) is 12.5. The summed E-state index contributed by atoms with van der Waals surface area (Å²) in [7, 11) is 0. The minimum atomic E-state index is -0.345. The Kier molecular flexibility index (Phi) is 3.15. The molecule has 0 spiro atoms. The second-order valence-corrected chi connectivity index (χ2v) is 5.36. The Morgan fingerprint density at radius 2 is 1.87 bits per heavy atom. The van der Waals surface area contributed by atoms with Gasteiger partial charge in [0, 0.05) is 0 Å². The van der Waals surface area contributed by atoms with E-state index in [9.17, 15) is 4.39 Å². The lowest BCUT2D eigenvalue weighted by molar-refractivity contribution is 0.639. The Hall–Kier alpha value is -3.02. The normalized spacial score (nSPS) is 12.6. The number of rotatable bonds is 3. The number of anilines is 1. The number of halogens is 1. The zero-order valence-corrected chi connectivity index (χ0v) is 12.4. The molecule has 0 radical (unpaired) electrons. The molecular weight excluding hydrogens is 293 g/mol. The maximum Gasteiger partial charge on any atom is 0.140 e. The Balaban J connectivity index is 1.72. The number of nitrogens with zero attached hydrogens (tertiary/aromatic N) is 3. The molecule has 23 heavy (non-hydrogen) atoms. The van der Waals surface area contributed by atoms with Crippen LogP contribution in [0, 0.1) is 5.82 Å². The molecule has 2 N–H and O–H groups in total. The Labute approximate surface area is 131 Å². The highest BCUT2D eigenvalue weighted by Gasteiger charge is 2.14. The van der Waals surface area contributed by atoms with Gasteiger partial charge in [0.15, 0.2) is 0 Å². The molecule has 4 rings (SSSR count). The minimum absolute atomic E-state index is 0.153. The maximum absolute atomic E-state index is 14.1. The third-order valence-electron chi connectivity index (χ3n) is 3.78. The van der Waals surface area contributed by atoms with Crippen LogP contribution in [0.3, 0.4) is 0 Å². The number of hydrogen-bond acceptors (Lipinski definition) is 4. The largest absolute Gasteiger partial charge is 0.360 e. The van der Waals surface area contributed by atoms with Gasteiger partial charge in [0.05, 0.1) is 28.0 Å². The summed E-state index contributed by atoms with van der Waals surface area (Å²) in [5.41, 5.74) is 2.43. The zero-order chi connectivity index (χ0) is 15.8. The van der Waals surface area contributed by atoms with Crippen molar-refractivity contribution in [2.75, 3.05) is 5.32 Å². The average molecular weight is 307 g/mol. The van der Waals surface area contributed by atoms with E-state index in [2.05, 4.69) is 25.3 Å². The number of aromatic nitrogens is 4. The number of H-pyrrole nitrogens is 1. The standard InChI is InChI=1S/C17H14FN5/c1-10(16-22-12-6-2-3-7-13(12)23-16)21-17-15-11(18)5-4-8-14(15)19-9-20-17/h2-10H,1H3,(H,22,23)(H,19,20,21). The molecule has 0 aliphatic carbocycles. The molecular formula is C17H14FN5. The molecule has 114 valence electrons. The van der Waals surface area contributed by atoms with Gasteiger partial charge in [-0.15, -0.1) is 0 Å². The van der Waals surface area contributed by atoms with Gasteiger partial charge in [-0.1, -0.05) is 18.2 Å². The van der Waals surface area contributed by atoms with Crippen LogP contribution in [0.5, 0.6) is 0 Å². The number of imidazole rings is 1. The van der Waals surface area contributed by atoms with Crippen molar-refractivity contribution < 1.29 is 4.39 Å². The van der Waals surface area contributed by atoms with E-state index < -0.39 is 0 Å². The molecule has 5 nitrogen and oxygen atoms in total. The van der Waals surface area contributed by atoms with E-state index in [0.717, 1.165) is 16.9 Å². The van der Waals surface area contributed by atoms with Crippen LogP contribution in [0.25, 0.3) is 21.9 Å². The van der Waals surface area contributed by atoms with E-state index in [-0.39, 0.29) is 11.9 Å². The van der Waals surface area contributed by atoms with Gasteiger partial charge < -0.3 is 10.3 Å². The average Bonchev–Trinajstić information content (AvgIpc) is 2.99. The lowest BCUT2D eigenvalue weighted by atomic mass is 10.2. The highest BCUT2D eigenvalue weighted by molar-refractivity contribution is 5.89. The van der Waals surface area contributed by atoms with Crippen molar-refractivity contribution in [1.82, 2.24) is 19.9 Å². The van der Waals surface area contributed by atoms with E-state index >= 15 is 0 Å². The lowest BCUT2D eigenvalue weighted by Gasteiger charge is -2.13. The maximum atomic E-state index is 14.1. The summed E-state index contributed by atoms with van der Waals surface area (Å²) in [5.74, 6) is 0.887. The molecule has 0 saturated heterocycles. The Morgan fingerprint density at radius 3 is 2.74 bits per heavy atom. The van der Waals surface area contributed by atoms with Crippen molar-refractivity contribution in [3.63, 3.8) is 0 Å². The Morgan fingerprint density at radius 1 is 1.04 bits per heavy atom. The van der Waals surface area contributed by atoms with E-state index in [0.29, 0.717) is 16.7 Å². The third kappa shape index (κ3) is 2.38. The van der Waals surface area contributed by atoms with Crippen molar-refractivity contribution >= 4 is 27.8 Å². The van der Waals surface area contributed by atoms with Crippen molar-refractivity contribution in [3.05, 3.63) is 60.4 Å². The molecule has 6 heteroatoms. The van der Waals surface area contributed by atoms with Gasteiger partial charge in [-0.25, -0.2) is 19.3 Å². The van der Waals surface area contributed by atoms with Crippen LogP contribution >= 0.6 is 0 Å². The summed E-state index contributed by atoms with van der Waals surface area (Å²) in [5, 5.41) is 3.61. The van der Waals surface area contributed by atoms with Crippen LogP contribution in [-0.4, -0.2) is 19.9 Å². The molecule has 0 bridgehead atoms. The van der Waals surface area contributed by atoms with Gasteiger partial charge in [0.1, 0.15) is 23.8 Å². The second-order valence-electron chi connectivity index (χ2n) is 5.36. The molecule has 2 aromatic heterocycles. The van der Waals surface area contributed by atoms with Crippen LogP contribution in [0.15, 0.2) is 48.8 Å². The first-order valence-corrected chi connectivity index (χ1v) is 7.33. The smallest absolute Gasteiger partial charge is 0.140 e. The fourth-order valence-corrected chi connectivity index (χ4v) is 2.63. The molecule has 1 atom stereocenters. The molecule has 0 aliphatic heterocycles. The number of para-hydroxylation sites is 2. The summed E-state index contributed by atoms with van der Waals surface area (Å²) < 4.78 is 14.1. The first kappa shape index (κ1) is 13.6. The second kappa shape index (κ2) is 5.31.